The molecule has 2 heterocycles. The van der Waals surface area contributed by atoms with E-state index in [9.17, 15) is 0 Å². The van der Waals surface area contributed by atoms with Crippen LogP contribution in [0, 0.1) is 0 Å². The van der Waals surface area contributed by atoms with Crippen LogP contribution >= 0.6 is 0 Å². The van der Waals surface area contributed by atoms with Crippen LogP contribution in [0.4, 0.5) is 0 Å². The summed E-state index contributed by atoms with van der Waals surface area (Å²) in [5.74, 6) is 0. The number of aromatic nitrogens is 3. The Kier molecular flexibility index (Phi) is 4.41. The average Bonchev–Trinajstić information content (AvgIpc) is 3.09. The predicted molar refractivity (Wildman–Crippen MR) is 88.2 cm³/mol. The molecule has 4 heteroatoms. The molecule has 0 bridgehead atoms. The number of nitrogens with zero attached hydrogens (tertiary/aromatic N) is 3. The summed E-state index contributed by atoms with van der Waals surface area (Å²) in [5, 5.41) is 0. The third-order valence-corrected chi connectivity index (χ3v) is 3.47. The van der Waals surface area contributed by atoms with Crippen LogP contribution in [0.1, 0.15) is 11.1 Å². The molecule has 0 saturated carbocycles. The molecule has 2 N–H and O–H groups in total. The van der Waals surface area contributed by atoms with Gasteiger partial charge in [0.25, 0.3) is 0 Å². The van der Waals surface area contributed by atoms with E-state index in [0.717, 1.165) is 12.2 Å². The Morgan fingerprint density at radius 2 is 1.68 bits per heavy atom. The summed E-state index contributed by atoms with van der Waals surface area (Å²) in [6.45, 7) is 1.50. The molecule has 0 aliphatic rings. The number of rotatable bonds is 5. The van der Waals surface area contributed by atoms with Crippen molar-refractivity contribution in [3.8, 4) is 5.69 Å². The lowest BCUT2D eigenvalue weighted by Crippen LogP contribution is -2.36. The van der Waals surface area contributed by atoms with Crippen molar-refractivity contribution in [3.63, 3.8) is 0 Å². The van der Waals surface area contributed by atoms with Crippen LogP contribution in [-0.2, 0) is 6.54 Å². The van der Waals surface area contributed by atoms with Crippen LogP contribution in [0.3, 0.4) is 0 Å². The van der Waals surface area contributed by atoms with Crippen LogP contribution in [0.25, 0.3) is 17.8 Å². The van der Waals surface area contributed by atoms with Crippen LogP contribution in [-0.4, -0.2) is 16.1 Å². The van der Waals surface area contributed by atoms with Gasteiger partial charge in [0.15, 0.2) is 18.9 Å². The number of nitrogens with two attached hydrogens (primary N) is 1. The van der Waals surface area contributed by atoms with E-state index in [2.05, 4.69) is 70.5 Å². The average molecular weight is 291 g/mol. The van der Waals surface area contributed by atoms with Gasteiger partial charge in [0.2, 0.25) is 0 Å². The fourth-order valence-corrected chi connectivity index (χ4v) is 2.24. The first-order valence-electron chi connectivity index (χ1n) is 7.31. The second kappa shape index (κ2) is 6.83. The first-order valence-corrected chi connectivity index (χ1v) is 7.31. The molecule has 3 aromatic rings. The SMILES string of the molecule is NCC[n+]1ccc(/C=C/c2ccc(-n3ccnc3)cc2)cc1. The summed E-state index contributed by atoms with van der Waals surface area (Å²) < 4.78 is 4.07. The largest absolute Gasteiger partial charge is 0.325 e. The number of pyridine rings is 1. The standard InChI is InChI=1S/C18H19N4/c19-9-13-21-11-7-17(8-12-21)2-1-16-3-5-18(6-4-16)22-14-10-20-15-22/h1-8,10-12,14-15H,9,13,19H2/q+1. The zero-order valence-electron chi connectivity index (χ0n) is 12.3. The van der Waals surface area contributed by atoms with Gasteiger partial charge in [-0.1, -0.05) is 24.3 Å². The highest BCUT2D eigenvalue weighted by molar-refractivity contribution is 5.69. The van der Waals surface area contributed by atoms with Crippen LogP contribution in [0.15, 0.2) is 67.5 Å². The first-order chi connectivity index (χ1) is 10.8. The smallest absolute Gasteiger partial charge is 0.169 e. The molecule has 0 spiro atoms. The Morgan fingerprint density at radius 3 is 2.27 bits per heavy atom. The molecule has 0 atom stereocenters. The predicted octanol–water partition coefficient (Wildman–Crippen LogP) is 2.29. The lowest BCUT2D eigenvalue weighted by atomic mass is 10.1. The molecule has 3 rings (SSSR count). The maximum atomic E-state index is 5.54. The van der Waals surface area contributed by atoms with E-state index in [1.165, 1.54) is 11.1 Å². The van der Waals surface area contributed by atoms with Crippen molar-refractivity contribution in [1.82, 2.24) is 9.55 Å². The lowest BCUT2D eigenvalue weighted by molar-refractivity contribution is -0.694. The van der Waals surface area contributed by atoms with E-state index >= 15 is 0 Å². The molecule has 0 aliphatic heterocycles. The molecule has 2 aromatic heterocycles. The molecule has 0 aliphatic carbocycles. The Morgan fingerprint density at radius 1 is 1.00 bits per heavy atom. The molecule has 0 unspecified atom stereocenters. The third-order valence-electron chi connectivity index (χ3n) is 3.47. The van der Waals surface area contributed by atoms with Gasteiger partial charge >= 0.3 is 0 Å². The summed E-state index contributed by atoms with van der Waals surface area (Å²) in [7, 11) is 0. The number of benzene rings is 1. The summed E-state index contributed by atoms with van der Waals surface area (Å²) in [5.41, 5.74) is 8.99. The Balaban J connectivity index is 1.69. The van der Waals surface area contributed by atoms with E-state index in [-0.39, 0.29) is 0 Å². The van der Waals surface area contributed by atoms with Gasteiger partial charge in [0, 0.05) is 30.2 Å². The summed E-state index contributed by atoms with van der Waals surface area (Å²) >= 11 is 0. The number of hydrogen-bond acceptors (Lipinski definition) is 2. The van der Waals surface area contributed by atoms with Gasteiger partial charge in [0.05, 0.1) is 12.9 Å². The van der Waals surface area contributed by atoms with Crippen molar-refractivity contribution in [3.05, 3.63) is 78.6 Å². The van der Waals surface area contributed by atoms with Gasteiger partial charge in [-0.15, -0.1) is 0 Å². The highest BCUT2D eigenvalue weighted by Gasteiger charge is 1.97. The molecular formula is C18H19N4+. The van der Waals surface area contributed by atoms with E-state index in [0.29, 0.717) is 6.54 Å². The Hall–Kier alpha value is -2.72. The number of hydrogen-bond donors (Lipinski definition) is 1. The minimum absolute atomic E-state index is 0.656. The number of imidazole rings is 1. The maximum absolute atomic E-state index is 5.54. The van der Waals surface area contributed by atoms with Crippen LogP contribution < -0.4 is 10.3 Å². The zero-order chi connectivity index (χ0) is 15.2. The first kappa shape index (κ1) is 14.2. The molecule has 4 nitrogen and oxygen atoms in total. The van der Waals surface area contributed by atoms with Gasteiger partial charge in [-0.25, -0.2) is 9.55 Å². The Bertz CT molecular complexity index is 726. The monoisotopic (exact) mass is 291 g/mol. The van der Waals surface area contributed by atoms with Crippen molar-refractivity contribution < 1.29 is 4.57 Å². The second-order valence-electron chi connectivity index (χ2n) is 5.05. The van der Waals surface area contributed by atoms with Crippen molar-refractivity contribution >= 4 is 12.2 Å². The normalized spacial score (nSPS) is 11.1. The quantitative estimate of drug-likeness (QED) is 0.733. The van der Waals surface area contributed by atoms with E-state index < -0.39 is 0 Å². The molecular weight excluding hydrogens is 272 g/mol. The highest BCUT2D eigenvalue weighted by Crippen LogP contribution is 2.12. The summed E-state index contributed by atoms with van der Waals surface area (Å²) in [4.78, 5) is 4.06. The summed E-state index contributed by atoms with van der Waals surface area (Å²) in [6, 6.07) is 12.5. The van der Waals surface area contributed by atoms with Crippen molar-refractivity contribution in [2.75, 3.05) is 6.54 Å². The topological polar surface area (TPSA) is 47.7 Å². The molecule has 0 fully saturated rings. The Labute approximate surface area is 130 Å². The van der Waals surface area contributed by atoms with Gasteiger partial charge in [-0.05, 0) is 23.3 Å². The summed E-state index contributed by atoms with van der Waals surface area (Å²) in [6.07, 6.45) is 13.8. The molecule has 0 saturated heterocycles. The van der Waals surface area contributed by atoms with Gasteiger partial charge < -0.3 is 10.3 Å². The van der Waals surface area contributed by atoms with Gasteiger partial charge in [0.1, 0.15) is 0 Å². The third kappa shape index (κ3) is 3.48. The van der Waals surface area contributed by atoms with Crippen LogP contribution in [0.2, 0.25) is 0 Å². The van der Waals surface area contributed by atoms with Crippen LogP contribution in [0.5, 0.6) is 0 Å². The fourth-order valence-electron chi connectivity index (χ4n) is 2.24. The second-order valence-corrected chi connectivity index (χ2v) is 5.05. The van der Waals surface area contributed by atoms with Gasteiger partial charge in [-0.2, -0.15) is 0 Å². The minimum atomic E-state index is 0.656. The van der Waals surface area contributed by atoms with Crippen molar-refractivity contribution in [2.24, 2.45) is 5.73 Å². The maximum Gasteiger partial charge on any atom is 0.169 e. The minimum Gasteiger partial charge on any atom is -0.325 e. The molecule has 110 valence electrons. The zero-order valence-corrected chi connectivity index (χ0v) is 12.3. The highest BCUT2D eigenvalue weighted by atomic mass is 15.0. The molecule has 0 radical (unpaired) electrons. The lowest BCUT2D eigenvalue weighted by Gasteiger charge is -2.02. The fraction of sp³-hybridized carbons (Fsp3) is 0.111. The van der Waals surface area contributed by atoms with E-state index in [1.807, 2.05) is 10.8 Å². The molecule has 1 aromatic carbocycles. The molecule has 22 heavy (non-hydrogen) atoms. The van der Waals surface area contributed by atoms with E-state index in [1.54, 1.807) is 12.5 Å². The molecule has 0 amide bonds. The van der Waals surface area contributed by atoms with Crippen molar-refractivity contribution in [1.29, 1.82) is 0 Å². The van der Waals surface area contributed by atoms with Gasteiger partial charge in [-0.3, -0.25) is 0 Å². The van der Waals surface area contributed by atoms with E-state index in [4.69, 9.17) is 5.73 Å². The van der Waals surface area contributed by atoms with Crippen molar-refractivity contribution in [2.45, 2.75) is 6.54 Å².